The molecule has 1 spiro atoms. The van der Waals surface area contributed by atoms with Crippen LogP contribution in [0.2, 0.25) is 0 Å². The molecule has 23 heavy (non-hydrogen) atoms. The Labute approximate surface area is 137 Å². The fourth-order valence-electron chi connectivity index (χ4n) is 3.32. The van der Waals surface area contributed by atoms with Gasteiger partial charge >= 0.3 is 0 Å². The maximum atomic E-state index is 11.8. The molecule has 2 saturated heterocycles. The smallest absolute Gasteiger partial charge is 0.225 e. The van der Waals surface area contributed by atoms with E-state index in [2.05, 4.69) is 20.2 Å². The molecular formula is C17H26N4O2. The molecule has 1 aromatic heterocycles. The van der Waals surface area contributed by atoms with Crippen LogP contribution in [0, 0.1) is 12.8 Å². The summed E-state index contributed by atoms with van der Waals surface area (Å²) in [4.78, 5) is 22.9. The third-order valence-corrected chi connectivity index (χ3v) is 4.80. The van der Waals surface area contributed by atoms with Crippen LogP contribution in [-0.4, -0.2) is 47.2 Å². The number of nitrogens with one attached hydrogen (secondary N) is 1. The minimum Gasteiger partial charge on any atom is -0.373 e. The summed E-state index contributed by atoms with van der Waals surface area (Å²) in [6.45, 7) is 8.25. The first-order valence-electron chi connectivity index (χ1n) is 8.45. The lowest BCUT2D eigenvalue weighted by Gasteiger charge is -2.38. The highest BCUT2D eigenvalue weighted by atomic mass is 16.5. The van der Waals surface area contributed by atoms with Crippen LogP contribution >= 0.6 is 0 Å². The van der Waals surface area contributed by atoms with Crippen molar-refractivity contribution in [1.29, 1.82) is 0 Å². The Kier molecular flexibility index (Phi) is 4.53. The van der Waals surface area contributed by atoms with Gasteiger partial charge in [-0.2, -0.15) is 0 Å². The summed E-state index contributed by atoms with van der Waals surface area (Å²) in [6, 6.07) is 0.145. The summed E-state index contributed by atoms with van der Waals surface area (Å²) >= 11 is 0. The molecule has 1 N–H and O–H groups in total. The van der Waals surface area contributed by atoms with Gasteiger partial charge in [-0.15, -0.1) is 0 Å². The molecular weight excluding hydrogens is 292 g/mol. The van der Waals surface area contributed by atoms with Gasteiger partial charge in [0.15, 0.2) is 0 Å². The second kappa shape index (κ2) is 6.43. The molecule has 2 aliphatic heterocycles. The summed E-state index contributed by atoms with van der Waals surface area (Å²) in [6.07, 6.45) is 6.54. The number of aromatic nitrogens is 2. The third-order valence-electron chi connectivity index (χ3n) is 4.80. The van der Waals surface area contributed by atoms with Crippen LogP contribution in [0.15, 0.2) is 12.4 Å². The molecule has 3 rings (SSSR count). The average Bonchev–Trinajstić information content (AvgIpc) is 2.91. The van der Waals surface area contributed by atoms with Crippen molar-refractivity contribution in [2.75, 3.05) is 24.6 Å². The Morgan fingerprint density at radius 3 is 2.61 bits per heavy atom. The summed E-state index contributed by atoms with van der Waals surface area (Å²) in [7, 11) is 0. The first kappa shape index (κ1) is 16.2. The van der Waals surface area contributed by atoms with Crippen LogP contribution < -0.4 is 10.2 Å². The first-order valence-corrected chi connectivity index (χ1v) is 8.45. The highest BCUT2D eigenvalue weighted by molar-refractivity contribution is 5.78. The first-order chi connectivity index (χ1) is 11.0. The lowest BCUT2D eigenvalue weighted by atomic mass is 9.87. The highest BCUT2D eigenvalue weighted by Gasteiger charge is 2.43. The number of carbonyl (C=O) groups is 1. The van der Waals surface area contributed by atoms with Gasteiger partial charge in [0.25, 0.3) is 0 Å². The maximum Gasteiger partial charge on any atom is 0.225 e. The number of hydrogen-bond donors (Lipinski definition) is 1. The van der Waals surface area contributed by atoms with Crippen molar-refractivity contribution < 1.29 is 9.53 Å². The normalized spacial score (nSPS) is 23.5. The summed E-state index contributed by atoms with van der Waals surface area (Å²) in [5.41, 5.74) is 0.987. The van der Waals surface area contributed by atoms with Crippen molar-refractivity contribution in [3.05, 3.63) is 18.0 Å². The van der Waals surface area contributed by atoms with E-state index in [0.717, 1.165) is 43.9 Å². The van der Waals surface area contributed by atoms with Crippen LogP contribution in [0.3, 0.4) is 0 Å². The maximum absolute atomic E-state index is 11.8. The molecule has 2 fully saturated rings. The van der Waals surface area contributed by atoms with Crippen LogP contribution in [0.4, 0.5) is 5.95 Å². The van der Waals surface area contributed by atoms with E-state index in [1.165, 1.54) is 0 Å². The predicted octanol–water partition coefficient (Wildman–Crippen LogP) is 1.69. The molecule has 2 aliphatic rings. The van der Waals surface area contributed by atoms with Gasteiger partial charge in [-0.25, -0.2) is 9.97 Å². The van der Waals surface area contributed by atoms with E-state index in [0.29, 0.717) is 6.61 Å². The van der Waals surface area contributed by atoms with Crippen molar-refractivity contribution in [2.45, 2.75) is 51.7 Å². The molecule has 6 nitrogen and oxygen atoms in total. The van der Waals surface area contributed by atoms with E-state index >= 15 is 0 Å². The lowest BCUT2D eigenvalue weighted by Crippen LogP contribution is -2.45. The molecule has 0 unspecified atom stereocenters. The molecule has 0 bridgehead atoms. The molecule has 1 atom stereocenters. The molecule has 1 amide bonds. The standard InChI is InChI=1S/C17H26N4O2/c1-12(2)15(22)20-14-8-17(23-11-14)4-6-21(7-5-17)16-18-9-13(3)10-19-16/h9-10,12,14H,4-8,11H2,1-3H3,(H,20,22)/t14-/m0/s1. The fraction of sp³-hybridized carbons (Fsp3) is 0.706. The third kappa shape index (κ3) is 3.63. The van der Waals surface area contributed by atoms with Gasteiger partial charge in [0, 0.05) is 31.4 Å². The quantitative estimate of drug-likeness (QED) is 0.918. The molecule has 126 valence electrons. The van der Waals surface area contributed by atoms with Crippen molar-refractivity contribution >= 4 is 11.9 Å². The van der Waals surface area contributed by atoms with Gasteiger partial charge in [0.1, 0.15) is 0 Å². The van der Waals surface area contributed by atoms with Crippen molar-refractivity contribution in [2.24, 2.45) is 5.92 Å². The number of carbonyl (C=O) groups excluding carboxylic acids is 1. The van der Waals surface area contributed by atoms with Gasteiger partial charge in [-0.3, -0.25) is 4.79 Å². The number of hydrogen-bond acceptors (Lipinski definition) is 5. The van der Waals surface area contributed by atoms with Gasteiger partial charge in [-0.05, 0) is 31.7 Å². The van der Waals surface area contributed by atoms with Gasteiger partial charge < -0.3 is 15.0 Å². The van der Waals surface area contributed by atoms with E-state index < -0.39 is 0 Å². The van der Waals surface area contributed by atoms with Crippen molar-refractivity contribution in [3.63, 3.8) is 0 Å². The Morgan fingerprint density at radius 1 is 1.35 bits per heavy atom. The van der Waals surface area contributed by atoms with Gasteiger partial charge in [0.2, 0.25) is 11.9 Å². The summed E-state index contributed by atoms with van der Waals surface area (Å²) in [5.74, 6) is 0.932. The van der Waals surface area contributed by atoms with Crippen molar-refractivity contribution in [3.8, 4) is 0 Å². The fourth-order valence-corrected chi connectivity index (χ4v) is 3.32. The van der Waals surface area contributed by atoms with Gasteiger partial charge in [0.05, 0.1) is 18.2 Å². The number of anilines is 1. The minimum atomic E-state index is -0.0872. The number of amides is 1. The van der Waals surface area contributed by atoms with E-state index in [1.54, 1.807) is 0 Å². The Bertz CT molecular complexity index is 550. The average molecular weight is 318 g/mol. The van der Waals surface area contributed by atoms with E-state index in [-0.39, 0.29) is 23.5 Å². The zero-order valence-electron chi connectivity index (χ0n) is 14.2. The molecule has 0 aliphatic carbocycles. The molecule has 0 saturated carbocycles. The number of aryl methyl sites for hydroxylation is 1. The zero-order valence-corrected chi connectivity index (χ0v) is 14.2. The van der Waals surface area contributed by atoms with Crippen LogP contribution in [0.25, 0.3) is 0 Å². The number of rotatable bonds is 3. The van der Waals surface area contributed by atoms with E-state index in [1.807, 2.05) is 33.2 Å². The molecule has 0 aromatic carbocycles. The van der Waals surface area contributed by atoms with Crippen LogP contribution in [0.1, 0.15) is 38.7 Å². The highest BCUT2D eigenvalue weighted by Crippen LogP contribution is 2.36. The minimum absolute atomic E-state index is 0.0204. The van der Waals surface area contributed by atoms with E-state index in [4.69, 9.17) is 4.74 Å². The number of nitrogens with zero attached hydrogens (tertiary/aromatic N) is 3. The topological polar surface area (TPSA) is 67.4 Å². The summed E-state index contributed by atoms with van der Waals surface area (Å²) in [5, 5.41) is 3.10. The zero-order chi connectivity index (χ0) is 16.4. The SMILES string of the molecule is Cc1cnc(N2CCC3(CC2)C[C@H](NC(=O)C(C)C)CO3)nc1. The molecule has 6 heteroatoms. The largest absolute Gasteiger partial charge is 0.373 e. The molecule has 3 heterocycles. The Hall–Kier alpha value is -1.69. The second-order valence-corrected chi connectivity index (χ2v) is 7.11. The van der Waals surface area contributed by atoms with Crippen LogP contribution in [0.5, 0.6) is 0 Å². The Balaban J connectivity index is 1.54. The second-order valence-electron chi connectivity index (χ2n) is 7.11. The lowest BCUT2D eigenvalue weighted by molar-refractivity contribution is -0.124. The van der Waals surface area contributed by atoms with E-state index in [9.17, 15) is 4.79 Å². The Morgan fingerprint density at radius 2 is 2.00 bits per heavy atom. The van der Waals surface area contributed by atoms with Crippen molar-refractivity contribution in [1.82, 2.24) is 15.3 Å². The van der Waals surface area contributed by atoms with Crippen LogP contribution in [-0.2, 0) is 9.53 Å². The van der Waals surface area contributed by atoms with Gasteiger partial charge in [-0.1, -0.05) is 13.8 Å². The summed E-state index contributed by atoms with van der Waals surface area (Å²) < 4.78 is 6.10. The predicted molar refractivity (Wildman–Crippen MR) is 88.3 cm³/mol. The number of piperidine rings is 1. The molecule has 1 aromatic rings. The monoisotopic (exact) mass is 318 g/mol. The number of ether oxygens (including phenoxy) is 1. The molecule has 0 radical (unpaired) electrons.